The van der Waals surface area contributed by atoms with Gasteiger partial charge in [-0.3, -0.25) is 0 Å². The number of anilines is 1. The van der Waals surface area contributed by atoms with E-state index in [1.807, 2.05) is 12.1 Å². The van der Waals surface area contributed by atoms with Gasteiger partial charge >= 0.3 is 5.97 Å². The van der Waals surface area contributed by atoms with Crippen LogP contribution in [0, 0.1) is 31.6 Å². The van der Waals surface area contributed by atoms with E-state index in [1.165, 1.54) is 48.8 Å². The predicted molar refractivity (Wildman–Crippen MR) is 107 cm³/mol. The summed E-state index contributed by atoms with van der Waals surface area (Å²) in [6.45, 7) is 4.49. The molecule has 0 aromatic heterocycles. The van der Waals surface area contributed by atoms with Crippen LogP contribution < -0.4 is 5.32 Å². The molecule has 1 N–H and O–H groups in total. The normalized spacial score (nSPS) is 30.4. The zero-order valence-electron chi connectivity index (χ0n) is 16.3. The number of benzene rings is 2. The molecule has 5 atom stereocenters. The summed E-state index contributed by atoms with van der Waals surface area (Å²) in [5.74, 6) is 2.70. The summed E-state index contributed by atoms with van der Waals surface area (Å²) in [6, 6.07) is 12.9. The Hall–Kier alpha value is -2.29. The topological polar surface area (TPSA) is 38.3 Å². The third-order valence-electron chi connectivity index (χ3n) is 7.36. The molecule has 2 aromatic rings. The molecule has 0 spiro atoms. The highest BCUT2D eigenvalue weighted by Crippen LogP contribution is 2.64. The van der Waals surface area contributed by atoms with Gasteiger partial charge in [0, 0.05) is 5.69 Å². The highest BCUT2D eigenvalue weighted by molar-refractivity contribution is 5.89. The summed E-state index contributed by atoms with van der Waals surface area (Å²) in [4.78, 5) is 11.8. The van der Waals surface area contributed by atoms with Crippen LogP contribution in [0.25, 0.3) is 0 Å². The average molecular weight is 361 g/mol. The number of carbonyl (C=O) groups excluding carboxylic acids is 1. The standard InChI is InChI=1S/C24H27NO2/c1-13-4-5-14(2)22-19(13)20-17-10-11-18(12-17)21(20)23(25-22)15-6-8-16(9-7-15)24(26)27-3/h4-9,17-18,20-21,23,25H,10-12H2,1-3H3/t17-,18-,20-,21+,23-/m0/s1. The zero-order chi connectivity index (χ0) is 18.7. The van der Waals surface area contributed by atoms with Gasteiger partial charge in [0.1, 0.15) is 0 Å². The van der Waals surface area contributed by atoms with Crippen molar-refractivity contribution in [3.63, 3.8) is 0 Å². The number of nitrogens with one attached hydrogen (secondary N) is 1. The van der Waals surface area contributed by atoms with E-state index in [1.54, 1.807) is 5.56 Å². The van der Waals surface area contributed by atoms with Crippen molar-refractivity contribution in [1.29, 1.82) is 0 Å². The van der Waals surface area contributed by atoms with Crippen molar-refractivity contribution < 1.29 is 9.53 Å². The van der Waals surface area contributed by atoms with Gasteiger partial charge in [0.05, 0.1) is 18.7 Å². The van der Waals surface area contributed by atoms with Crippen molar-refractivity contribution in [3.8, 4) is 0 Å². The lowest BCUT2D eigenvalue weighted by Crippen LogP contribution is -2.36. The maximum atomic E-state index is 11.8. The second-order valence-electron chi connectivity index (χ2n) is 8.66. The number of hydrogen-bond acceptors (Lipinski definition) is 3. The Morgan fingerprint density at radius 3 is 2.44 bits per heavy atom. The Kier molecular flexibility index (Phi) is 3.82. The number of hydrogen-bond donors (Lipinski definition) is 1. The third kappa shape index (κ3) is 2.44. The molecule has 1 heterocycles. The molecule has 0 radical (unpaired) electrons. The van der Waals surface area contributed by atoms with E-state index in [-0.39, 0.29) is 5.97 Å². The molecule has 2 aromatic carbocycles. The predicted octanol–water partition coefficient (Wildman–Crippen LogP) is 5.39. The van der Waals surface area contributed by atoms with Gasteiger partial charge in [0.15, 0.2) is 0 Å². The quantitative estimate of drug-likeness (QED) is 0.729. The molecular weight excluding hydrogens is 334 g/mol. The molecule has 2 bridgehead atoms. The van der Waals surface area contributed by atoms with Gasteiger partial charge in [-0.1, -0.05) is 24.3 Å². The maximum absolute atomic E-state index is 11.8. The summed E-state index contributed by atoms with van der Waals surface area (Å²) in [5, 5.41) is 3.93. The Bertz CT molecular complexity index is 901. The second-order valence-corrected chi connectivity index (χ2v) is 8.66. The van der Waals surface area contributed by atoms with Gasteiger partial charge in [0.2, 0.25) is 0 Å². The minimum Gasteiger partial charge on any atom is -0.465 e. The Labute approximate surface area is 161 Å². The van der Waals surface area contributed by atoms with Crippen molar-refractivity contribution in [3.05, 3.63) is 64.2 Å². The van der Waals surface area contributed by atoms with Crippen LogP contribution in [0.15, 0.2) is 36.4 Å². The molecule has 27 heavy (non-hydrogen) atoms. The smallest absolute Gasteiger partial charge is 0.337 e. The molecular formula is C24H27NO2. The Morgan fingerprint density at radius 2 is 1.70 bits per heavy atom. The zero-order valence-corrected chi connectivity index (χ0v) is 16.3. The minimum absolute atomic E-state index is 0.271. The van der Waals surface area contributed by atoms with Crippen LogP contribution in [-0.2, 0) is 4.74 Å². The van der Waals surface area contributed by atoms with Crippen molar-refractivity contribution in [2.45, 2.75) is 45.1 Å². The van der Waals surface area contributed by atoms with Gasteiger partial charge in [0.25, 0.3) is 0 Å². The van der Waals surface area contributed by atoms with E-state index in [0.29, 0.717) is 23.4 Å². The number of fused-ring (bicyclic) bond motifs is 7. The van der Waals surface area contributed by atoms with Crippen LogP contribution in [0.4, 0.5) is 5.69 Å². The fourth-order valence-electron chi connectivity index (χ4n) is 6.20. The Morgan fingerprint density at radius 1 is 1.00 bits per heavy atom. The minimum atomic E-state index is -0.271. The first-order valence-corrected chi connectivity index (χ1v) is 10.1. The van der Waals surface area contributed by atoms with E-state index in [0.717, 1.165) is 11.8 Å². The Balaban J connectivity index is 1.59. The summed E-state index contributed by atoms with van der Waals surface area (Å²) >= 11 is 0. The molecule has 2 saturated carbocycles. The van der Waals surface area contributed by atoms with Gasteiger partial charge < -0.3 is 10.1 Å². The molecule has 0 saturated heterocycles. The molecule has 1 aliphatic heterocycles. The monoisotopic (exact) mass is 361 g/mol. The van der Waals surface area contributed by atoms with Crippen LogP contribution >= 0.6 is 0 Å². The van der Waals surface area contributed by atoms with Crippen LogP contribution in [0.3, 0.4) is 0 Å². The lowest BCUT2D eigenvalue weighted by molar-refractivity contribution is 0.0600. The van der Waals surface area contributed by atoms with E-state index in [9.17, 15) is 4.79 Å². The molecule has 140 valence electrons. The lowest BCUT2D eigenvalue weighted by atomic mass is 9.67. The first kappa shape index (κ1) is 16.9. The fourth-order valence-corrected chi connectivity index (χ4v) is 6.20. The summed E-state index contributed by atoms with van der Waals surface area (Å²) in [5.41, 5.74) is 7.62. The molecule has 3 nitrogen and oxygen atoms in total. The van der Waals surface area contributed by atoms with Crippen molar-refractivity contribution in [1.82, 2.24) is 0 Å². The third-order valence-corrected chi connectivity index (χ3v) is 7.36. The number of esters is 1. The van der Waals surface area contributed by atoms with Crippen LogP contribution in [-0.4, -0.2) is 13.1 Å². The number of aryl methyl sites for hydroxylation is 2. The van der Waals surface area contributed by atoms with Crippen molar-refractivity contribution >= 4 is 11.7 Å². The van der Waals surface area contributed by atoms with Crippen LogP contribution in [0.1, 0.15) is 63.8 Å². The highest BCUT2D eigenvalue weighted by atomic mass is 16.5. The number of ether oxygens (including phenoxy) is 1. The van der Waals surface area contributed by atoms with E-state index in [4.69, 9.17) is 4.74 Å². The summed E-state index contributed by atoms with van der Waals surface area (Å²) < 4.78 is 4.85. The van der Waals surface area contributed by atoms with Gasteiger partial charge in [-0.05, 0) is 91.2 Å². The van der Waals surface area contributed by atoms with Crippen LogP contribution in [0.2, 0.25) is 0 Å². The molecule has 3 heteroatoms. The molecule has 0 unspecified atom stereocenters. The molecule has 2 aliphatic carbocycles. The highest BCUT2D eigenvalue weighted by Gasteiger charge is 2.54. The van der Waals surface area contributed by atoms with E-state index in [2.05, 4.69) is 43.4 Å². The largest absolute Gasteiger partial charge is 0.465 e. The first-order valence-electron chi connectivity index (χ1n) is 10.1. The van der Waals surface area contributed by atoms with E-state index < -0.39 is 0 Å². The van der Waals surface area contributed by atoms with E-state index >= 15 is 0 Å². The SMILES string of the molecule is COC(=O)c1ccc([C@@H]2Nc3c(C)ccc(C)c3[C@@H]3[C@H]4CC[C@@H](C4)[C@H]32)cc1. The maximum Gasteiger partial charge on any atom is 0.337 e. The molecule has 0 amide bonds. The van der Waals surface area contributed by atoms with Crippen LogP contribution in [0.5, 0.6) is 0 Å². The average Bonchev–Trinajstić information content (AvgIpc) is 3.32. The van der Waals surface area contributed by atoms with Gasteiger partial charge in [-0.15, -0.1) is 0 Å². The lowest BCUT2D eigenvalue weighted by Gasteiger charge is -2.44. The fraction of sp³-hybridized carbons (Fsp3) is 0.458. The van der Waals surface area contributed by atoms with Gasteiger partial charge in [-0.25, -0.2) is 4.79 Å². The summed E-state index contributed by atoms with van der Waals surface area (Å²) in [7, 11) is 1.43. The number of rotatable bonds is 2. The number of carbonyl (C=O) groups is 1. The number of methoxy groups -OCH3 is 1. The van der Waals surface area contributed by atoms with Crippen molar-refractivity contribution in [2.75, 3.05) is 12.4 Å². The molecule has 2 fully saturated rings. The van der Waals surface area contributed by atoms with Gasteiger partial charge in [-0.2, -0.15) is 0 Å². The summed E-state index contributed by atoms with van der Waals surface area (Å²) in [6.07, 6.45) is 4.12. The first-order chi connectivity index (χ1) is 13.1. The van der Waals surface area contributed by atoms with Crippen molar-refractivity contribution in [2.24, 2.45) is 17.8 Å². The second kappa shape index (κ2) is 6.12. The molecule has 5 rings (SSSR count). The molecule has 3 aliphatic rings.